The second kappa shape index (κ2) is 8.25. The molecule has 0 bridgehead atoms. The predicted octanol–water partition coefficient (Wildman–Crippen LogP) is 0.133. The minimum Gasteiger partial charge on any atom is -0.456 e. The van der Waals surface area contributed by atoms with E-state index in [1.165, 1.54) is 6.07 Å². The van der Waals surface area contributed by atoms with Crippen LogP contribution in [-0.2, 0) is 14.3 Å². The normalized spacial score (nSPS) is 12.3. The molecule has 2 amide bonds. The highest BCUT2D eigenvalue weighted by molar-refractivity contribution is 6.26. The second-order valence-electron chi connectivity index (χ2n) is 6.05. The zero-order valence-electron chi connectivity index (χ0n) is 14.6. The third-order valence-electron chi connectivity index (χ3n) is 2.68. The van der Waals surface area contributed by atoms with Gasteiger partial charge in [0.15, 0.2) is 5.84 Å². The van der Waals surface area contributed by atoms with Gasteiger partial charge in [-0.05, 0) is 39.3 Å². The van der Waals surface area contributed by atoms with Crippen molar-refractivity contribution in [2.45, 2.75) is 33.3 Å². The number of nitrogens with zero attached hydrogens (tertiary/aromatic N) is 3. The van der Waals surface area contributed by atoms with Crippen molar-refractivity contribution in [1.29, 1.82) is 0 Å². The Kier molecular flexibility index (Phi) is 6.63. The molecule has 1 aromatic heterocycles. The number of nitrogens with two attached hydrogens (primary N) is 2. The van der Waals surface area contributed by atoms with Crippen molar-refractivity contribution < 1.29 is 19.1 Å². The first-order valence-corrected chi connectivity index (χ1v) is 7.40. The number of carbonyl (C=O) groups is 3. The molecule has 0 atom stereocenters. The van der Waals surface area contributed by atoms with Crippen molar-refractivity contribution in [3.8, 4) is 0 Å². The predicted molar refractivity (Wildman–Crippen MR) is 92.4 cm³/mol. The lowest BCUT2D eigenvalue weighted by Crippen LogP contribution is -2.24. The van der Waals surface area contributed by atoms with Crippen LogP contribution in [0.1, 0.15) is 42.5 Å². The van der Waals surface area contributed by atoms with Gasteiger partial charge in [0.05, 0.1) is 6.54 Å². The van der Waals surface area contributed by atoms with E-state index in [1.807, 2.05) is 0 Å². The average Bonchev–Trinajstić information content (AvgIpc) is 2.51. The molecular weight excluding hydrogens is 326 g/mol. The highest BCUT2D eigenvalue weighted by Gasteiger charge is 2.16. The van der Waals surface area contributed by atoms with Gasteiger partial charge in [0.2, 0.25) is 0 Å². The largest absolute Gasteiger partial charge is 0.456 e. The van der Waals surface area contributed by atoms with Crippen LogP contribution >= 0.6 is 0 Å². The number of amidine groups is 1. The summed E-state index contributed by atoms with van der Waals surface area (Å²) in [6, 6.07) is 3.08. The summed E-state index contributed by atoms with van der Waals surface area (Å²) in [4.78, 5) is 46.1. The Morgan fingerprint density at radius 1 is 1.28 bits per heavy atom. The number of aryl methyl sites for hydroxylation is 1. The van der Waals surface area contributed by atoms with Gasteiger partial charge in [0.1, 0.15) is 23.2 Å². The summed E-state index contributed by atoms with van der Waals surface area (Å²) in [5, 5.41) is 0. The maximum Gasteiger partial charge on any atom is 0.350 e. The van der Waals surface area contributed by atoms with Crippen LogP contribution in [0.3, 0.4) is 0 Å². The van der Waals surface area contributed by atoms with E-state index in [2.05, 4.69) is 15.0 Å². The molecule has 134 valence electrons. The van der Waals surface area contributed by atoms with Crippen molar-refractivity contribution in [2.75, 3.05) is 6.54 Å². The molecule has 0 spiro atoms. The van der Waals surface area contributed by atoms with Gasteiger partial charge in [-0.2, -0.15) is 4.99 Å². The van der Waals surface area contributed by atoms with Gasteiger partial charge in [-0.1, -0.05) is 6.07 Å². The van der Waals surface area contributed by atoms with Gasteiger partial charge >= 0.3 is 5.97 Å². The molecule has 0 aliphatic heterocycles. The summed E-state index contributed by atoms with van der Waals surface area (Å²) in [6.45, 7) is 6.44. The lowest BCUT2D eigenvalue weighted by atomic mass is 10.2. The number of esters is 1. The third kappa shape index (κ3) is 6.60. The van der Waals surface area contributed by atoms with Crippen LogP contribution in [0.5, 0.6) is 0 Å². The molecule has 0 fully saturated rings. The van der Waals surface area contributed by atoms with E-state index in [0.717, 1.165) is 6.21 Å². The number of aliphatic imine (C=N–C) groups is 2. The minimum absolute atomic E-state index is 0.0179. The smallest absolute Gasteiger partial charge is 0.350 e. The molecule has 1 rings (SSSR count). The van der Waals surface area contributed by atoms with Crippen LogP contribution in [0.2, 0.25) is 0 Å². The summed E-state index contributed by atoms with van der Waals surface area (Å²) in [5.74, 6) is -2.27. The fourth-order valence-electron chi connectivity index (χ4n) is 1.63. The standard InChI is InChI=1S/C16H21N5O4/c1-9-5-6-10(14(18)21-11(22)7-17)20-13(9)15(24)19-8-12(23)25-16(2,3)4/h5-6,8H,7,17H2,1-4H3,(H2,18,21,22). The number of amides is 2. The lowest BCUT2D eigenvalue weighted by Gasteiger charge is -2.17. The van der Waals surface area contributed by atoms with Gasteiger partial charge in [-0.15, -0.1) is 0 Å². The van der Waals surface area contributed by atoms with Crippen LogP contribution in [0.15, 0.2) is 22.1 Å². The SMILES string of the molecule is Cc1ccc(C(N)=NC(=O)CN)nc1C(=O)N=CC(=O)OC(C)(C)C. The molecule has 25 heavy (non-hydrogen) atoms. The minimum atomic E-state index is -0.747. The van der Waals surface area contributed by atoms with Gasteiger partial charge < -0.3 is 16.2 Å². The van der Waals surface area contributed by atoms with E-state index in [0.29, 0.717) is 5.56 Å². The quantitative estimate of drug-likeness (QED) is 0.446. The second-order valence-corrected chi connectivity index (χ2v) is 6.05. The summed E-state index contributed by atoms with van der Waals surface area (Å²) < 4.78 is 5.02. The van der Waals surface area contributed by atoms with Crippen LogP contribution in [0.4, 0.5) is 0 Å². The average molecular weight is 347 g/mol. The molecule has 0 aromatic carbocycles. The number of hydrogen-bond acceptors (Lipinski definition) is 6. The van der Waals surface area contributed by atoms with E-state index in [9.17, 15) is 14.4 Å². The molecule has 0 unspecified atom stereocenters. The molecule has 0 saturated carbocycles. The lowest BCUT2D eigenvalue weighted by molar-refractivity contribution is -0.145. The highest BCUT2D eigenvalue weighted by atomic mass is 16.6. The third-order valence-corrected chi connectivity index (χ3v) is 2.68. The number of pyridine rings is 1. The Morgan fingerprint density at radius 3 is 2.48 bits per heavy atom. The maximum atomic E-state index is 12.2. The summed E-state index contributed by atoms with van der Waals surface area (Å²) >= 11 is 0. The Hall–Kier alpha value is -2.94. The summed E-state index contributed by atoms with van der Waals surface area (Å²) in [6.07, 6.45) is 0.788. The molecule has 9 nitrogen and oxygen atoms in total. The van der Waals surface area contributed by atoms with Crippen LogP contribution < -0.4 is 11.5 Å². The Balaban J connectivity index is 3.03. The fourth-order valence-corrected chi connectivity index (χ4v) is 1.63. The molecule has 1 heterocycles. The van der Waals surface area contributed by atoms with E-state index in [1.54, 1.807) is 33.8 Å². The molecule has 0 saturated heterocycles. The van der Waals surface area contributed by atoms with Crippen molar-refractivity contribution in [1.82, 2.24) is 4.98 Å². The van der Waals surface area contributed by atoms with E-state index in [-0.39, 0.29) is 23.8 Å². The molecule has 0 aliphatic rings. The van der Waals surface area contributed by atoms with Crippen LogP contribution in [-0.4, -0.2) is 47.0 Å². The van der Waals surface area contributed by atoms with E-state index in [4.69, 9.17) is 16.2 Å². The van der Waals surface area contributed by atoms with Gasteiger partial charge in [-0.3, -0.25) is 9.59 Å². The zero-order chi connectivity index (χ0) is 19.2. The number of hydrogen-bond donors (Lipinski definition) is 2. The van der Waals surface area contributed by atoms with Crippen LogP contribution in [0.25, 0.3) is 0 Å². The fraction of sp³-hybridized carbons (Fsp3) is 0.375. The topological polar surface area (TPSA) is 150 Å². The Bertz CT molecular complexity index is 747. The van der Waals surface area contributed by atoms with Crippen molar-refractivity contribution in [3.63, 3.8) is 0 Å². The number of aromatic nitrogens is 1. The van der Waals surface area contributed by atoms with Crippen LogP contribution in [0, 0.1) is 6.92 Å². The van der Waals surface area contributed by atoms with Gasteiger partial charge in [0, 0.05) is 0 Å². The van der Waals surface area contributed by atoms with Crippen molar-refractivity contribution in [2.24, 2.45) is 21.5 Å². The number of rotatable bonds is 4. The Labute approximate surface area is 145 Å². The maximum absolute atomic E-state index is 12.2. The number of ether oxygens (including phenoxy) is 1. The molecule has 4 N–H and O–H groups in total. The van der Waals surface area contributed by atoms with E-state index >= 15 is 0 Å². The summed E-state index contributed by atoms with van der Waals surface area (Å²) in [7, 11) is 0. The monoisotopic (exact) mass is 347 g/mol. The van der Waals surface area contributed by atoms with Crippen molar-refractivity contribution in [3.05, 3.63) is 29.1 Å². The number of carbonyl (C=O) groups excluding carboxylic acids is 3. The highest BCUT2D eigenvalue weighted by Crippen LogP contribution is 2.09. The van der Waals surface area contributed by atoms with E-state index < -0.39 is 23.4 Å². The van der Waals surface area contributed by atoms with Gasteiger partial charge in [-0.25, -0.2) is 14.8 Å². The molecule has 0 radical (unpaired) electrons. The molecule has 0 aliphatic carbocycles. The first kappa shape index (κ1) is 20.1. The van der Waals surface area contributed by atoms with Crippen molar-refractivity contribution >= 4 is 29.8 Å². The first-order chi connectivity index (χ1) is 11.5. The molecule has 9 heteroatoms. The van der Waals surface area contributed by atoms with Gasteiger partial charge in [0.25, 0.3) is 11.8 Å². The zero-order valence-corrected chi connectivity index (χ0v) is 14.6. The molecule has 1 aromatic rings. The molecular formula is C16H21N5O4. The first-order valence-electron chi connectivity index (χ1n) is 7.40. The summed E-state index contributed by atoms with van der Waals surface area (Å²) in [5.41, 5.74) is 10.8. The Morgan fingerprint density at radius 2 is 1.92 bits per heavy atom.